The number of primary amides is 1. The van der Waals surface area contributed by atoms with Crippen molar-refractivity contribution in [1.82, 2.24) is 0 Å². The molecule has 3 N–H and O–H groups in total. The first-order chi connectivity index (χ1) is 8.58. The van der Waals surface area contributed by atoms with Crippen LogP contribution >= 0.6 is 38.9 Å². The molecule has 0 aliphatic heterocycles. The Kier molecular flexibility index (Phi) is 4.27. The van der Waals surface area contributed by atoms with Crippen molar-refractivity contribution in [3.05, 3.63) is 50.1 Å². The van der Waals surface area contributed by atoms with Crippen LogP contribution in [0.15, 0.2) is 39.5 Å². The first-order valence-electron chi connectivity index (χ1n) is 5.11. The summed E-state index contributed by atoms with van der Waals surface area (Å²) in [5.74, 6) is -0.417. The smallest absolute Gasteiger partial charge is 0.244 e. The van der Waals surface area contributed by atoms with E-state index in [0.717, 1.165) is 15.7 Å². The van der Waals surface area contributed by atoms with Crippen LogP contribution in [0, 0.1) is 0 Å². The number of amides is 1. The van der Waals surface area contributed by atoms with Crippen molar-refractivity contribution in [1.29, 1.82) is 0 Å². The Morgan fingerprint density at radius 2 is 2.22 bits per heavy atom. The molecule has 0 aliphatic rings. The molecule has 0 radical (unpaired) electrons. The third-order valence-electron chi connectivity index (χ3n) is 2.39. The molecule has 0 aliphatic carbocycles. The fraction of sp³-hybridized carbons (Fsp3) is 0.0833. The minimum Gasteiger partial charge on any atom is -0.370 e. The molecule has 1 amide bonds. The second kappa shape index (κ2) is 5.73. The average molecular weight is 346 g/mol. The number of nitrogens with two attached hydrogens (primary N) is 1. The van der Waals surface area contributed by atoms with E-state index >= 15 is 0 Å². The lowest BCUT2D eigenvalue weighted by Gasteiger charge is -2.16. The molecular formula is C12H10BrClN2OS. The van der Waals surface area contributed by atoms with Gasteiger partial charge in [-0.25, -0.2) is 0 Å². The van der Waals surface area contributed by atoms with Gasteiger partial charge in [0.05, 0.1) is 5.02 Å². The van der Waals surface area contributed by atoms with Crippen molar-refractivity contribution in [2.24, 2.45) is 5.73 Å². The van der Waals surface area contributed by atoms with Gasteiger partial charge in [-0.1, -0.05) is 11.6 Å². The Morgan fingerprint density at radius 1 is 1.44 bits per heavy atom. The standard InChI is InChI=1S/C12H10BrClN2OS/c13-9-5-8(1-2-10(9)14)16-11(12(15)17)7-3-4-18-6-7/h1-6,11,16H,(H2,15,17). The molecular weight excluding hydrogens is 336 g/mol. The van der Waals surface area contributed by atoms with Gasteiger partial charge in [0.25, 0.3) is 0 Å². The number of halogens is 2. The second-order valence-electron chi connectivity index (χ2n) is 3.67. The van der Waals surface area contributed by atoms with Crippen LogP contribution in [0.2, 0.25) is 5.02 Å². The van der Waals surface area contributed by atoms with Crippen molar-refractivity contribution in [2.45, 2.75) is 6.04 Å². The van der Waals surface area contributed by atoms with Gasteiger partial charge in [-0.15, -0.1) is 0 Å². The largest absolute Gasteiger partial charge is 0.370 e. The Labute approximate surface area is 122 Å². The van der Waals surface area contributed by atoms with E-state index in [4.69, 9.17) is 17.3 Å². The van der Waals surface area contributed by atoms with Gasteiger partial charge in [0.1, 0.15) is 6.04 Å². The number of thiophene rings is 1. The first kappa shape index (κ1) is 13.4. The summed E-state index contributed by atoms with van der Waals surface area (Å²) in [6.45, 7) is 0. The molecule has 1 heterocycles. The summed E-state index contributed by atoms with van der Waals surface area (Å²) >= 11 is 10.8. The van der Waals surface area contributed by atoms with Crippen molar-refractivity contribution in [3.63, 3.8) is 0 Å². The lowest BCUT2D eigenvalue weighted by molar-refractivity contribution is -0.118. The van der Waals surface area contributed by atoms with Crippen LogP contribution in [-0.4, -0.2) is 5.91 Å². The lowest BCUT2D eigenvalue weighted by Crippen LogP contribution is -2.27. The maximum Gasteiger partial charge on any atom is 0.244 e. The molecule has 1 unspecified atom stereocenters. The molecule has 1 atom stereocenters. The van der Waals surface area contributed by atoms with Gasteiger partial charge in [-0.05, 0) is 56.5 Å². The number of rotatable bonds is 4. The van der Waals surface area contributed by atoms with E-state index < -0.39 is 11.9 Å². The lowest BCUT2D eigenvalue weighted by atomic mass is 10.1. The highest BCUT2D eigenvalue weighted by Gasteiger charge is 2.18. The van der Waals surface area contributed by atoms with Crippen molar-refractivity contribution in [3.8, 4) is 0 Å². The van der Waals surface area contributed by atoms with E-state index in [1.54, 1.807) is 12.1 Å². The predicted molar refractivity (Wildman–Crippen MR) is 79.0 cm³/mol. The number of nitrogens with one attached hydrogen (secondary N) is 1. The van der Waals surface area contributed by atoms with E-state index in [9.17, 15) is 4.79 Å². The summed E-state index contributed by atoms with van der Waals surface area (Å²) in [6.07, 6.45) is 0. The van der Waals surface area contributed by atoms with Gasteiger partial charge in [-0.3, -0.25) is 4.79 Å². The van der Waals surface area contributed by atoms with E-state index in [1.165, 1.54) is 11.3 Å². The SMILES string of the molecule is NC(=O)C(Nc1ccc(Cl)c(Br)c1)c1ccsc1. The topological polar surface area (TPSA) is 55.1 Å². The van der Waals surface area contributed by atoms with Gasteiger partial charge in [0.15, 0.2) is 0 Å². The van der Waals surface area contributed by atoms with Gasteiger partial charge in [0, 0.05) is 10.2 Å². The molecule has 2 rings (SSSR count). The Bertz CT molecular complexity index is 559. The van der Waals surface area contributed by atoms with Crippen molar-refractivity contribution < 1.29 is 4.79 Å². The summed E-state index contributed by atoms with van der Waals surface area (Å²) in [7, 11) is 0. The van der Waals surface area contributed by atoms with Crippen LogP contribution in [0.1, 0.15) is 11.6 Å². The van der Waals surface area contributed by atoms with Crippen molar-refractivity contribution >= 4 is 50.5 Å². The molecule has 2 aromatic rings. The van der Waals surface area contributed by atoms with E-state index in [-0.39, 0.29) is 0 Å². The highest BCUT2D eigenvalue weighted by Crippen LogP contribution is 2.28. The maximum absolute atomic E-state index is 11.5. The summed E-state index contributed by atoms with van der Waals surface area (Å²) in [6, 6.07) is 6.70. The zero-order valence-corrected chi connectivity index (χ0v) is 12.3. The molecule has 18 heavy (non-hydrogen) atoms. The number of benzene rings is 1. The quantitative estimate of drug-likeness (QED) is 0.885. The Morgan fingerprint density at radius 3 is 2.78 bits per heavy atom. The van der Waals surface area contributed by atoms with Gasteiger partial charge in [0.2, 0.25) is 5.91 Å². The first-order valence-corrected chi connectivity index (χ1v) is 7.22. The number of anilines is 1. The molecule has 1 aromatic carbocycles. The molecule has 0 spiro atoms. The zero-order chi connectivity index (χ0) is 13.1. The summed E-state index contributed by atoms with van der Waals surface area (Å²) in [5.41, 5.74) is 7.05. The molecule has 6 heteroatoms. The van der Waals surface area contributed by atoms with E-state index in [0.29, 0.717) is 5.02 Å². The Hall–Kier alpha value is -1.04. The third kappa shape index (κ3) is 3.04. The van der Waals surface area contributed by atoms with Crippen LogP contribution in [0.25, 0.3) is 0 Å². The highest BCUT2D eigenvalue weighted by molar-refractivity contribution is 9.10. The van der Waals surface area contributed by atoms with Crippen LogP contribution in [0.4, 0.5) is 5.69 Å². The normalized spacial score (nSPS) is 12.1. The highest BCUT2D eigenvalue weighted by atomic mass is 79.9. The van der Waals surface area contributed by atoms with Crippen LogP contribution < -0.4 is 11.1 Å². The molecule has 0 saturated heterocycles. The molecule has 0 bridgehead atoms. The van der Waals surface area contributed by atoms with Gasteiger partial charge in [-0.2, -0.15) is 11.3 Å². The van der Waals surface area contributed by atoms with Crippen molar-refractivity contribution in [2.75, 3.05) is 5.32 Å². The molecule has 1 aromatic heterocycles. The fourth-order valence-electron chi connectivity index (χ4n) is 1.51. The second-order valence-corrected chi connectivity index (χ2v) is 5.71. The van der Waals surface area contributed by atoms with Gasteiger partial charge >= 0.3 is 0 Å². The summed E-state index contributed by atoms with van der Waals surface area (Å²) in [4.78, 5) is 11.5. The average Bonchev–Trinajstić information content (AvgIpc) is 2.83. The van der Waals surface area contributed by atoms with Crippen LogP contribution in [0.3, 0.4) is 0 Å². The van der Waals surface area contributed by atoms with E-state index in [2.05, 4.69) is 21.2 Å². The number of hydrogen-bond acceptors (Lipinski definition) is 3. The zero-order valence-electron chi connectivity index (χ0n) is 9.19. The minimum absolute atomic E-state index is 0.417. The molecule has 3 nitrogen and oxygen atoms in total. The van der Waals surface area contributed by atoms with Crippen LogP contribution in [0.5, 0.6) is 0 Å². The monoisotopic (exact) mass is 344 g/mol. The minimum atomic E-state index is -0.538. The molecule has 0 fully saturated rings. The number of carbonyl (C=O) groups is 1. The summed E-state index contributed by atoms with van der Waals surface area (Å²) < 4.78 is 0.766. The third-order valence-corrected chi connectivity index (χ3v) is 4.31. The van der Waals surface area contributed by atoms with E-state index in [1.807, 2.05) is 22.9 Å². The predicted octanol–water partition coefficient (Wildman–Crippen LogP) is 3.80. The maximum atomic E-state index is 11.5. The number of hydrogen-bond donors (Lipinski definition) is 2. The number of carbonyl (C=O) groups excluding carboxylic acids is 1. The summed E-state index contributed by atoms with van der Waals surface area (Å²) in [5, 5.41) is 7.51. The van der Waals surface area contributed by atoms with Gasteiger partial charge < -0.3 is 11.1 Å². The van der Waals surface area contributed by atoms with Crippen LogP contribution in [-0.2, 0) is 4.79 Å². The Balaban J connectivity index is 2.24. The molecule has 94 valence electrons. The molecule has 0 saturated carbocycles. The fourth-order valence-corrected chi connectivity index (χ4v) is 2.69.